The van der Waals surface area contributed by atoms with E-state index in [1.807, 2.05) is 6.92 Å². The van der Waals surface area contributed by atoms with Gasteiger partial charge in [-0.3, -0.25) is 0 Å². The van der Waals surface area contributed by atoms with Crippen LogP contribution in [0.2, 0.25) is 0 Å². The van der Waals surface area contributed by atoms with Crippen LogP contribution < -0.4 is 0 Å². The van der Waals surface area contributed by atoms with Crippen LogP contribution >= 0.6 is 15.9 Å². The quantitative estimate of drug-likeness (QED) is 0.787. The Kier molecular flexibility index (Phi) is 4.08. The molecular formula is C10H17BrN4O2S. The molecule has 0 radical (unpaired) electrons. The van der Waals surface area contributed by atoms with Crippen LogP contribution in [0.3, 0.4) is 0 Å². The summed E-state index contributed by atoms with van der Waals surface area (Å²) < 4.78 is 28.3. The van der Waals surface area contributed by atoms with E-state index in [9.17, 15) is 8.42 Å². The molecule has 1 saturated carbocycles. The summed E-state index contributed by atoms with van der Waals surface area (Å²) in [6.07, 6.45) is 3.05. The highest BCUT2D eigenvalue weighted by molar-refractivity contribution is 9.10. The molecule has 0 bridgehead atoms. The van der Waals surface area contributed by atoms with Crippen LogP contribution in [0.15, 0.2) is 9.63 Å². The fourth-order valence-electron chi connectivity index (χ4n) is 1.87. The molecule has 0 saturated heterocycles. The lowest BCUT2D eigenvalue weighted by Gasteiger charge is -2.21. The zero-order chi connectivity index (χ0) is 13.3. The fraction of sp³-hybridized carbons (Fsp3) is 0.800. The first-order chi connectivity index (χ1) is 8.46. The zero-order valence-electron chi connectivity index (χ0n) is 10.5. The van der Waals surface area contributed by atoms with Gasteiger partial charge in [-0.25, -0.2) is 13.1 Å². The van der Waals surface area contributed by atoms with Gasteiger partial charge in [-0.05, 0) is 41.1 Å². The van der Waals surface area contributed by atoms with Crippen molar-refractivity contribution in [3.63, 3.8) is 0 Å². The Morgan fingerprint density at radius 1 is 1.50 bits per heavy atom. The Bertz CT molecular complexity index is 504. The first kappa shape index (κ1) is 14.0. The molecule has 0 spiro atoms. The van der Waals surface area contributed by atoms with E-state index in [1.54, 1.807) is 11.4 Å². The maximum atomic E-state index is 12.6. The average Bonchev–Trinajstić information content (AvgIpc) is 3.03. The van der Waals surface area contributed by atoms with Gasteiger partial charge in [0.15, 0.2) is 4.60 Å². The van der Waals surface area contributed by atoms with Crippen molar-refractivity contribution in [1.82, 2.24) is 19.3 Å². The van der Waals surface area contributed by atoms with Crippen molar-refractivity contribution in [2.24, 2.45) is 13.0 Å². The number of aromatic nitrogens is 3. The van der Waals surface area contributed by atoms with Gasteiger partial charge in [0, 0.05) is 20.1 Å². The van der Waals surface area contributed by atoms with Crippen molar-refractivity contribution in [1.29, 1.82) is 0 Å². The number of halogens is 1. The van der Waals surface area contributed by atoms with Gasteiger partial charge in [-0.15, -0.1) is 5.10 Å². The highest BCUT2D eigenvalue weighted by atomic mass is 79.9. The van der Waals surface area contributed by atoms with Crippen molar-refractivity contribution >= 4 is 26.0 Å². The minimum absolute atomic E-state index is 0.136. The smallest absolute Gasteiger partial charge is 0.235 e. The van der Waals surface area contributed by atoms with E-state index in [0.29, 0.717) is 19.0 Å². The van der Waals surface area contributed by atoms with Crippen molar-refractivity contribution < 1.29 is 8.42 Å². The third-order valence-corrected chi connectivity index (χ3v) is 5.71. The van der Waals surface area contributed by atoms with Gasteiger partial charge >= 0.3 is 0 Å². The van der Waals surface area contributed by atoms with E-state index in [4.69, 9.17) is 0 Å². The molecule has 0 aliphatic heterocycles. The predicted octanol–water partition coefficient (Wildman–Crippen LogP) is 1.39. The summed E-state index contributed by atoms with van der Waals surface area (Å²) in [7, 11) is -1.92. The van der Waals surface area contributed by atoms with E-state index in [2.05, 4.69) is 26.2 Å². The molecule has 0 atom stereocenters. The highest BCUT2D eigenvalue weighted by Crippen LogP contribution is 2.32. The van der Waals surface area contributed by atoms with Gasteiger partial charge in [-0.2, -0.15) is 4.31 Å². The Hall–Kier alpha value is -0.470. The van der Waals surface area contributed by atoms with E-state index in [-0.39, 0.29) is 9.63 Å². The van der Waals surface area contributed by atoms with Crippen LogP contribution in [0.4, 0.5) is 0 Å². The SMILES string of the molecule is CCCN(CC1CC1)S(=O)(=O)c1c(Br)nnn1C. The van der Waals surface area contributed by atoms with Crippen molar-refractivity contribution in [3.05, 3.63) is 4.60 Å². The maximum Gasteiger partial charge on any atom is 0.263 e. The summed E-state index contributed by atoms with van der Waals surface area (Å²) in [6, 6.07) is 0. The number of hydrogen-bond acceptors (Lipinski definition) is 4. The summed E-state index contributed by atoms with van der Waals surface area (Å²) in [5.41, 5.74) is 0. The summed E-state index contributed by atoms with van der Waals surface area (Å²) in [5.74, 6) is 0.520. The van der Waals surface area contributed by atoms with Gasteiger partial charge in [0.1, 0.15) is 0 Å². The first-order valence-corrected chi connectivity index (χ1v) is 8.25. The van der Waals surface area contributed by atoms with Gasteiger partial charge in [0.05, 0.1) is 0 Å². The first-order valence-electron chi connectivity index (χ1n) is 6.02. The van der Waals surface area contributed by atoms with Crippen LogP contribution in [0.25, 0.3) is 0 Å². The molecule has 102 valence electrons. The van der Waals surface area contributed by atoms with Crippen LogP contribution in [-0.4, -0.2) is 40.8 Å². The molecular weight excluding hydrogens is 320 g/mol. The molecule has 1 aromatic rings. The number of sulfonamides is 1. The Morgan fingerprint density at radius 2 is 2.17 bits per heavy atom. The average molecular weight is 337 g/mol. The van der Waals surface area contributed by atoms with Gasteiger partial charge in [0.25, 0.3) is 10.0 Å². The van der Waals surface area contributed by atoms with Crippen molar-refractivity contribution in [3.8, 4) is 0 Å². The molecule has 1 fully saturated rings. The lowest BCUT2D eigenvalue weighted by molar-refractivity contribution is 0.390. The van der Waals surface area contributed by atoms with Gasteiger partial charge < -0.3 is 0 Å². The zero-order valence-corrected chi connectivity index (χ0v) is 12.9. The Labute approximate surface area is 116 Å². The second-order valence-electron chi connectivity index (χ2n) is 4.62. The van der Waals surface area contributed by atoms with E-state index in [1.165, 1.54) is 4.68 Å². The van der Waals surface area contributed by atoms with E-state index in [0.717, 1.165) is 19.3 Å². The molecule has 2 rings (SSSR count). The second kappa shape index (κ2) is 5.26. The summed E-state index contributed by atoms with van der Waals surface area (Å²) in [5, 5.41) is 7.61. The second-order valence-corrected chi connectivity index (χ2v) is 7.22. The predicted molar refractivity (Wildman–Crippen MR) is 70.5 cm³/mol. The molecule has 0 aromatic carbocycles. The Balaban J connectivity index is 2.31. The molecule has 0 amide bonds. The van der Waals surface area contributed by atoms with Crippen molar-refractivity contribution in [2.45, 2.75) is 31.2 Å². The monoisotopic (exact) mass is 336 g/mol. The number of aryl methyl sites for hydroxylation is 1. The molecule has 1 aliphatic rings. The van der Waals surface area contributed by atoms with Crippen LogP contribution in [0.5, 0.6) is 0 Å². The number of nitrogens with zero attached hydrogens (tertiary/aromatic N) is 4. The van der Waals surface area contributed by atoms with Crippen LogP contribution in [-0.2, 0) is 17.1 Å². The molecule has 1 aromatic heterocycles. The fourth-order valence-corrected chi connectivity index (χ4v) is 4.51. The number of hydrogen-bond donors (Lipinski definition) is 0. The normalized spacial score (nSPS) is 16.4. The molecule has 1 heterocycles. The molecule has 6 nitrogen and oxygen atoms in total. The molecule has 1 aliphatic carbocycles. The molecule has 0 N–H and O–H groups in total. The highest BCUT2D eigenvalue weighted by Gasteiger charge is 2.34. The topological polar surface area (TPSA) is 68.1 Å². The van der Waals surface area contributed by atoms with Crippen molar-refractivity contribution in [2.75, 3.05) is 13.1 Å². The number of rotatable bonds is 6. The third-order valence-electron chi connectivity index (χ3n) is 2.95. The third kappa shape index (κ3) is 2.75. The summed E-state index contributed by atoms with van der Waals surface area (Å²) >= 11 is 3.15. The summed E-state index contributed by atoms with van der Waals surface area (Å²) in [4.78, 5) is 0. The Morgan fingerprint density at radius 3 is 2.61 bits per heavy atom. The lowest BCUT2D eigenvalue weighted by Crippen LogP contribution is -2.35. The standard InChI is InChI=1S/C10H17BrN4O2S/c1-3-6-15(7-8-4-5-8)18(16,17)10-9(11)12-13-14(10)2/h8H,3-7H2,1-2H3. The molecule has 8 heteroatoms. The van der Waals surface area contributed by atoms with Crippen LogP contribution in [0, 0.1) is 5.92 Å². The van der Waals surface area contributed by atoms with E-state index >= 15 is 0 Å². The maximum absolute atomic E-state index is 12.6. The van der Waals surface area contributed by atoms with Crippen LogP contribution in [0.1, 0.15) is 26.2 Å². The molecule has 18 heavy (non-hydrogen) atoms. The molecule has 0 unspecified atom stereocenters. The van der Waals surface area contributed by atoms with Gasteiger partial charge in [0.2, 0.25) is 5.03 Å². The minimum atomic E-state index is -3.51. The van der Waals surface area contributed by atoms with Gasteiger partial charge in [-0.1, -0.05) is 12.1 Å². The summed E-state index contributed by atoms with van der Waals surface area (Å²) in [6.45, 7) is 3.12. The van der Waals surface area contributed by atoms with E-state index < -0.39 is 10.0 Å². The minimum Gasteiger partial charge on any atom is -0.235 e. The lowest BCUT2D eigenvalue weighted by atomic mass is 10.4. The largest absolute Gasteiger partial charge is 0.263 e.